The van der Waals surface area contributed by atoms with Gasteiger partial charge in [-0.3, -0.25) is 0 Å². The second kappa shape index (κ2) is 23.0. The summed E-state index contributed by atoms with van der Waals surface area (Å²) in [4.78, 5) is 6.57. The van der Waals surface area contributed by atoms with Crippen LogP contribution in [0, 0.1) is 52.2 Å². The molecule has 0 aliphatic rings. The third kappa shape index (κ3) is 9.96. The molecule has 0 N–H and O–H groups in total. The van der Waals surface area contributed by atoms with Gasteiger partial charge in [0.25, 0.3) is 0 Å². The Bertz CT molecular complexity index is 6190. The fraction of sp³-hybridized carbons (Fsp3) is 0.0854. The van der Waals surface area contributed by atoms with E-state index in [1.54, 1.807) is 33.4 Å². The van der Waals surface area contributed by atoms with E-state index in [4.69, 9.17) is 13.1 Å². The van der Waals surface area contributed by atoms with Gasteiger partial charge in [-0.05, 0) is 157 Å². The second-order valence-corrected chi connectivity index (χ2v) is 24.4. The molecule has 0 bridgehead atoms. The van der Waals surface area contributed by atoms with Crippen molar-refractivity contribution in [2.24, 2.45) is 0 Å². The van der Waals surface area contributed by atoms with Gasteiger partial charge in [0, 0.05) is 54.2 Å². The Morgan fingerprint density at radius 3 is 0.980 bits per heavy atom. The number of para-hydroxylation sites is 8. The van der Waals surface area contributed by atoms with E-state index in [0.717, 1.165) is 112 Å². The van der Waals surface area contributed by atoms with Gasteiger partial charge < -0.3 is 18.3 Å². The average Bonchev–Trinajstić information content (AvgIpc) is 1.51. The molecule has 4 aromatic heterocycles. The molecule has 0 unspecified atom stereocenters. The first-order valence-corrected chi connectivity index (χ1v) is 31.1. The van der Waals surface area contributed by atoms with Gasteiger partial charge in [-0.1, -0.05) is 146 Å². The summed E-state index contributed by atoms with van der Waals surface area (Å²) in [5.74, 6) is 0. The highest BCUT2D eigenvalue weighted by Crippen LogP contribution is 2.49. The Labute approximate surface area is 554 Å². The van der Waals surface area contributed by atoms with Crippen molar-refractivity contribution in [3.63, 3.8) is 0 Å². The molecule has 0 aliphatic carbocycles. The van der Waals surface area contributed by atoms with Crippen molar-refractivity contribution in [1.82, 2.24) is 18.3 Å². The number of aromatic nitrogens is 4. The molecule has 476 valence electrons. The highest BCUT2D eigenvalue weighted by molar-refractivity contribution is 6.15. The number of hydrogen-bond donors (Lipinski definition) is 0. The third-order valence-electron chi connectivity index (χ3n) is 18.5. The van der Waals surface area contributed by atoms with Crippen LogP contribution in [0.25, 0.3) is 142 Å². The predicted molar refractivity (Wildman–Crippen MR) is 372 cm³/mol. The average molecular weight is 1300 g/mol. The number of benzene rings is 12. The molecule has 12 aromatic carbocycles. The van der Waals surface area contributed by atoms with E-state index >= 15 is 13.2 Å². The van der Waals surface area contributed by atoms with Crippen molar-refractivity contribution < 1.29 is 39.5 Å². The Morgan fingerprint density at radius 1 is 0.327 bits per heavy atom. The molecule has 0 amide bonds. The third-order valence-corrected chi connectivity index (χ3v) is 18.5. The van der Waals surface area contributed by atoms with E-state index in [1.165, 1.54) is 18.2 Å². The Hall–Kier alpha value is -12.3. The summed E-state index contributed by atoms with van der Waals surface area (Å²) in [6, 6.07) is 68.6. The summed E-state index contributed by atoms with van der Waals surface area (Å²) < 4.78 is 139. The maximum Gasteiger partial charge on any atom is 0.418 e. The predicted octanol–water partition coefficient (Wildman–Crippen LogP) is 24.4. The van der Waals surface area contributed by atoms with E-state index in [1.807, 2.05) is 161 Å². The summed E-state index contributed by atoms with van der Waals surface area (Å²) in [5, 5.41) is 18.1. The molecular weight excluding hydrogens is 1250 g/mol. The number of hydrogen-bond acceptors (Lipinski definition) is 1. The zero-order valence-electron chi connectivity index (χ0n) is 52.5. The van der Waals surface area contributed by atoms with Crippen LogP contribution in [0.3, 0.4) is 0 Å². The summed E-state index contributed by atoms with van der Waals surface area (Å²) in [6.45, 7) is 22.8. The molecule has 16 rings (SSSR count). The zero-order chi connectivity index (χ0) is 68.4. The molecule has 98 heavy (non-hydrogen) atoms. The van der Waals surface area contributed by atoms with Gasteiger partial charge in [0.15, 0.2) is 11.4 Å². The van der Waals surface area contributed by atoms with Gasteiger partial charge in [-0.15, -0.1) is 0 Å². The van der Waals surface area contributed by atoms with E-state index < -0.39 is 35.2 Å². The Morgan fingerprint density at radius 2 is 0.633 bits per heavy atom. The summed E-state index contributed by atoms with van der Waals surface area (Å²) in [5.41, 5.74) is 8.00. The number of nitrogens with zero attached hydrogens (tertiary/aromatic N) is 7. The van der Waals surface area contributed by atoms with Crippen molar-refractivity contribution >= 4 is 98.6 Å². The minimum absolute atomic E-state index is 0.107. The van der Waals surface area contributed by atoms with Crippen LogP contribution in [0.2, 0.25) is 0 Å². The second-order valence-electron chi connectivity index (χ2n) is 24.4. The number of fused-ring (bicyclic) bond motifs is 12. The fourth-order valence-corrected chi connectivity index (χ4v) is 14.4. The van der Waals surface area contributed by atoms with Crippen molar-refractivity contribution in [3.8, 4) is 51.1 Å². The van der Waals surface area contributed by atoms with Gasteiger partial charge in [-0.2, -0.15) is 44.8 Å². The SMILES string of the molecule is [C-]#[N+]c1cc(-c2cc(-n3c4ccccc4c4cccc(C)c43)c(-n3c4ccccc4c4cccc(C)c43)c(C(F)(F)F)c2)cc(C(F)(F)F)c1.[C-]#[N+]c1cc(-c2cc(C#N)c(-n3c4ccccc4c4cccc(C)c43)c(-n3c4ccccc4c4cccc(C)c43)c2)cc(C(F)(F)F)c1. The monoisotopic (exact) mass is 1300 g/mol. The normalized spacial score (nSPS) is 12.1. The maximum atomic E-state index is 15.7. The number of alkyl halides is 9. The largest absolute Gasteiger partial charge is 0.418 e. The molecule has 16 heteroatoms. The summed E-state index contributed by atoms with van der Waals surface area (Å²) in [6.07, 6.45) is -14.4. The Balaban J connectivity index is 0.000000160. The number of aryl methyl sites for hydroxylation is 4. The molecule has 0 saturated carbocycles. The van der Waals surface area contributed by atoms with Gasteiger partial charge >= 0.3 is 18.5 Å². The summed E-state index contributed by atoms with van der Waals surface area (Å²) in [7, 11) is 0. The number of rotatable bonds is 6. The quantitative estimate of drug-likeness (QED) is 0.121. The molecule has 0 radical (unpaired) electrons. The van der Waals surface area contributed by atoms with Gasteiger partial charge in [0.05, 0.1) is 91.2 Å². The van der Waals surface area contributed by atoms with E-state index in [9.17, 15) is 31.6 Å². The molecule has 16 aromatic rings. The lowest BCUT2D eigenvalue weighted by Crippen LogP contribution is -2.15. The first-order chi connectivity index (χ1) is 47.1. The van der Waals surface area contributed by atoms with Crippen LogP contribution in [-0.4, -0.2) is 18.3 Å². The molecule has 0 atom stereocenters. The first kappa shape index (κ1) is 61.8. The van der Waals surface area contributed by atoms with Crippen LogP contribution < -0.4 is 0 Å². The molecule has 0 fully saturated rings. The molecule has 4 heterocycles. The smallest absolute Gasteiger partial charge is 0.307 e. The van der Waals surface area contributed by atoms with E-state index in [2.05, 4.69) is 49.2 Å². The van der Waals surface area contributed by atoms with Crippen LogP contribution in [0.5, 0.6) is 0 Å². The molecule has 7 nitrogen and oxygen atoms in total. The van der Waals surface area contributed by atoms with Crippen molar-refractivity contribution in [2.75, 3.05) is 0 Å². The number of nitriles is 1. The van der Waals surface area contributed by atoms with Crippen LogP contribution in [0.15, 0.2) is 231 Å². The summed E-state index contributed by atoms with van der Waals surface area (Å²) >= 11 is 0. The Kier molecular flexibility index (Phi) is 14.5. The zero-order valence-corrected chi connectivity index (χ0v) is 52.5. The number of halogens is 9. The molecule has 0 saturated heterocycles. The topological polar surface area (TPSA) is 52.2 Å². The standard InChI is InChI=1S/C41H25F6N3.C41H25F3N4/c1-23-10-8-14-31-29-12-4-6-16-34(29)49(37(23)31)36-21-26(25-18-27(40(42,43)44)22-28(19-25)48-3)20-33(41(45,46)47)39(36)50-35-17-7-5-13-30(35)32-15-9-11-24(2)38(32)50;1-24-10-8-14-33-31-12-4-6-16-35(31)47(38(24)33)37-21-26(27-19-29(41(42,43)44)22-30(20-27)46-3)18-28(23-45)40(37)48-36-17-7-5-13-32(36)34-15-9-11-25(2)39(34)48/h4-22H,1-2H3;4-22H,1-2H3. The van der Waals surface area contributed by atoms with E-state index in [0.29, 0.717) is 45.1 Å². The minimum atomic E-state index is -4.95. The van der Waals surface area contributed by atoms with Crippen LogP contribution >= 0.6 is 0 Å². The lowest BCUT2D eigenvalue weighted by Gasteiger charge is -2.24. The molecule has 0 spiro atoms. The van der Waals surface area contributed by atoms with E-state index in [-0.39, 0.29) is 45.0 Å². The molecule has 0 aliphatic heterocycles. The van der Waals surface area contributed by atoms with Crippen molar-refractivity contribution in [2.45, 2.75) is 46.2 Å². The van der Waals surface area contributed by atoms with Gasteiger partial charge in [-0.25, -0.2) is 9.69 Å². The lowest BCUT2D eigenvalue weighted by molar-refractivity contribution is -0.138. The highest BCUT2D eigenvalue weighted by Gasteiger charge is 2.39. The fourth-order valence-electron chi connectivity index (χ4n) is 14.4. The first-order valence-electron chi connectivity index (χ1n) is 31.1. The van der Waals surface area contributed by atoms with Crippen LogP contribution in [0.4, 0.5) is 50.9 Å². The minimum Gasteiger partial charge on any atom is -0.307 e. The van der Waals surface area contributed by atoms with Crippen molar-refractivity contribution in [1.29, 1.82) is 5.26 Å². The van der Waals surface area contributed by atoms with Crippen LogP contribution in [-0.2, 0) is 18.5 Å². The lowest BCUT2D eigenvalue weighted by atomic mass is 9.97. The maximum absolute atomic E-state index is 15.7. The van der Waals surface area contributed by atoms with Crippen LogP contribution in [0.1, 0.15) is 44.5 Å². The molecular formula is C82H50F9N7. The highest BCUT2D eigenvalue weighted by atomic mass is 19.4. The van der Waals surface area contributed by atoms with Gasteiger partial charge in [0.1, 0.15) is 6.07 Å². The van der Waals surface area contributed by atoms with Crippen molar-refractivity contribution in [3.05, 3.63) is 298 Å². The van der Waals surface area contributed by atoms with Gasteiger partial charge in [0.2, 0.25) is 0 Å².